The Morgan fingerprint density at radius 1 is 1.44 bits per heavy atom. The SMILES string of the molecule is Cc1cnc2c(c1)C(N)C1(CCNCC1)C2. The van der Waals surface area contributed by atoms with Crippen LogP contribution in [-0.4, -0.2) is 18.1 Å². The normalized spacial score (nSPS) is 27.0. The average molecular weight is 217 g/mol. The molecule has 1 aromatic heterocycles. The van der Waals surface area contributed by atoms with Gasteiger partial charge in [0.05, 0.1) is 0 Å². The molecule has 1 saturated heterocycles. The summed E-state index contributed by atoms with van der Waals surface area (Å²) in [6.45, 7) is 4.29. The lowest BCUT2D eigenvalue weighted by molar-refractivity contribution is 0.173. The number of nitrogens with two attached hydrogens (primary N) is 1. The van der Waals surface area contributed by atoms with Crippen LogP contribution in [-0.2, 0) is 6.42 Å². The topological polar surface area (TPSA) is 50.9 Å². The fraction of sp³-hybridized carbons (Fsp3) is 0.615. The van der Waals surface area contributed by atoms with Gasteiger partial charge in [-0.1, -0.05) is 6.07 Å². The molecule has 3 heteroatoms. The lowest BCUT2D eigenvalue weighted by Crippen LogP contribution is -2.42. The summed E-state index contributed by atoms with van der Waals surface area (Å²) >= 11 is 0. The Bertz CT molecular complexity index is 408. The van der Waals surface area contributed by atoms with E-state index in [9.17, 15) is 0 Å². The van der Waals surface area contributed by atoms with E-state index >= 15 is 0 Å². The van der Waals surface area contributed by atoms with Crippen LogP contribution in [0, 0.1) is 12.3 Å². The number of nitrogens with one attached hydrogen (secondary N) is 1. The number of hydrogen-bond donors (Lipinski definition) is 2. The number of fused-ring (bicyclic) bond motifs is 1. The van der Waals surface area contributed by atoms with Crippen LogP contribution in [0.15, 0.2) is 12.3 Å². The molecule has 1 aliphatic heterocycles. The summed E-state index contributed by atoms with van der Waals surface area (Å²) in [6.07, 6.45) is 5.41. The molecular weight excluding hydrogens is 198 g/mol. The van der Waals surface area contributed by atoms with E-state index in [0.29, 0.717) is 0 Å². The molecule has 1 fully saturated rings. The van der Waals surface area contributed by atoms with E-state index < -0.39 is 0 Å². The number of aromatic nitrogens is 1. The molecule has 3 rings (SSSR count). The van der Waals surface area contributed by atoms with Crippen molar-refractivity contribution in [2.75, 3.05) is 13.1 Å². The Morgan fingerprint density at radius 2 is 2.19 bits per heavy atom. The first-order valence-corrected chi connectivity index (χ1v) is 6.13. The maximum atomic E-state index is 6.46. The molecule has 1 aromatic rings. The van der Waals surface area contributed by atoms with Crippen molar-refractivity contribution >= 4 is 0 Å². The quantitative estimate of drug-likeness (QED) is 0.689. The fourth-order valence-electron chi connectivity index (χ4n) is 3.22. The van der Waals surface area contributed by atoms with Gasteiger partial charge in [-0.05, 0) is 55.8 Å². The Kier molecular flexibility index (Phi) is 2.26. The van der Waals surface area contributed by atoms with Crippen LogP contribution in [0.5, 0.6) is 0 Å². The minimum atomic E-state index is 0.192. The molecule has 1 spiro atoms. The first kappa shape index (κ1) is 10.2. The Labute approximate surface area is 96.4 Å². The zero-order valence-corrected chi connectivity index (χ0v) is 9.79. The van der Waals surface area contributed by atoms with Crippen molar-refractivity contribution in [2.45, 2.75) is 32.2 Å². The van der Waals surface area contributed by atoms with Gasteiger partial charge < -0.3 is 11.1 Å². The van der Waals surface area contributed by atoms with E-state index in [-0.39, 0.29) is 11.5 Å². The first-order valence-electron chi connectivity index (χ1n) is 6.13. The van der Waals surface area contributed by atoms with Crippen molar-refractivity contribution in [1.29, 1.82) is 0 Å². The van der Waals surface area contributed by atoms with Gasteiger partial charge in [-0.2, -0.15) is 0 Å². The summed E-state index contributed by atoms with van der Waals surface area (Å²) in [5.74, 6) is 0. The van der Waals surface area contributed by atoms with E-state index in [1.165, 1.54) is 29.7 Å². The van der Waals surface area contributed by atoms with Gasteiger partial charge in [-0.25, -0.2) is 0 Å². The van der Waals surface area contributed by atoms with Crippen molar-refractivity contribution < 1.29 is 0 Å². The zero-order valence-electron chi connectivity index (χ0n) is 9.79. The minimum Gasteiger partial charge on any atom is -0.323 e. The molecule has 16 heavy (non-hydrogen) atoms. The summed E-state index contributed by atoms with van der Waals surface area (Å²) in [5.41, 5.74) is 10.5. The van der Waals surface area contributed by atoms with Crippen LogP contribution >= 0.6 is 0 Å². The van der Waals surface area contributed by atoms with Crippen molar-refractivity contribution in [1.82, 2.24) is 10.3 Å². The maximum absolute atomic E-state index is 6.46. The molecule has 0 bridgehead atoms. The molecule has 2 heterocycles. The van der Waals surface area contributed by atoms with Crippen molar-refractivity contribution in [2.24, 2.45) is 11.1 Å². The highest BCUT2D eigenvalue weighted by atomic mass is 14.9. The summed E-state index contributed by atoms with van der Waals surface area (Å²) in [6, 6.07) is 2.42. The zero-order chi connectivity index (χ0) is 11.2. The van der Waals surface area contributed by atoms with Crippen LogP contribution in [0.2, 0.25) is 0 Å². The molecule has 1 aliphatic carbocycles. The highest BCUT2D eigenvalue weighted by Gasteiger charge is 2.45. The second-order valence-corrected chi connectivity index (χ2v) is 5.32. The third-order valence-electron chi connectivity index (χ3n) is 4.25. The summed E-state index contributed by atoms with van der Waals surface area (Å²) in [4.78, 5) is 4.56. The highest BCUT2D eigenvalue weighted by Crippen LogP contribution is 2.49. The van der Waals surface area contributed by atoms with E-state index in [1.54, 1.807) is 0 Å². The summed E-state index contributed by atoms with van der Waals surface area (Å²) in [7, 11) is 0. The van der Waals surface area contributed by atoms with Crippen molar-refractivity contribution in [3.8, 4) is 0 Å². The van der Waals surface area contributed by atoms with Crippen molar-refractivity contribution in [3.63, 3.8) is 0 Å². The van der Waals surface area contributed by atoms with Gasteiger partial charge in [0.2, 0.25) is 0 Å². The van der Waals surface area contributed by atoms with Gasteiger partial charge in [-0.3, -0.25) is 4.98 Å². The van der Waals surface area contributed by atoms with Crippen LogP contribution in [0.25, 0.3) is 0 Å². The second-order valence-electron chi connectivity index (χ2n) is 5.32. The van der Waals surface area contributed by atoms with Crippen LogP contribution in [0.4, 0.5) is 0 Å². The van der Waals surface area contributed by atoms with E-state index in [4.69, 9.17) is 5.73 Å². The molecule has 1 unspecified atom stereocenters. The number of hydrogen-bond acceptors (Lipinski definition) is 3. The Morgan fingerprint density at radius 3 is 2.94 bits per heavy atom. The van der Waals surface area contributed by atoms with Gasteiger partial charge in [0, 0.05) is 17.9 Å². The third kappa shape index (κ3) is 1.39. The van der Waals surface area contributed by atoms with Crippen LogP contribution in [0.3, 0.4) is 0 Å². The summed E-state index contributed by atoms with van der Waals surface area (Å²) < 4.78 is 0. The predicted molar refractivity (Wildman–Crippen MR) is 64.1 cm³/mol. The Balaban J connectivity index is 1.99. The second kappa shape index (κ2) is 3.54. The molecule has 0 amide bonds. The minimum absolute atomic E-state index is 0.192. The molecule has 3 N–H and O–H groups in total. The molecule has 2 aliphatic rings. The third-order valence-corrected chi connectivity index (χ3v) is 4.25. The monoisotopic (exact) mass is 217 g/mol. The van der Waals surface area contributed by atoms with Gasteiger partial charge >= 0.3 is 0 Å². The van der Waals surface area contributed by atoms with Gasteiger partial charge in [0.25, 0.3) is 0 Å². The van der Waals surface area contributed by atoms with E-state index in [1.807, 2.05) is 6.20 Å². The summed E-state index contributed by atoms with van der Waals surface area (Å²) in [5, 5.41) is 3.42. The Hall–Kier alpha value is -0.930. The van der Waals surface area contributed by atoms with Crippen LogP contribution < -0.4 is 11.1 Å². The molecule has 0 radical (unpaired) electrons. The molecule has 0 saturated carbocycles. The van der Waals surface area contributed by atoms with Gasteiger partial charge in [0.15, 0.2) is 0 Å². The highest BCUT2D eigenvalue weighted by molar-refractivity contribution is 5.35. The predicted octanol–water partition coefficient (Wildman–Crippen LogP) is 1.32. The van der Waals surface area contributed by atoms with E-state index in [2.05, 4.69) is 23.3 Å². The molecular formula is C13H19N3. The number of nitrogens with zero attached hydrogens (tertiary/aromatic N) is 1. The number of aryl methyl sites for hydroxylation is 1. The number of piperidine rings is 1. The number of rotatable bonds is 0. The lowest BCUT2D eigenvalue weighted by atomic mass is 9.74. The lowest BCUT2D eigenvalue weighted by Gasteiger charge is -2.37. The van der Waals surface area contributed by atoms with E-state index in [0.717, 1.165) is 19.5 Å². The maximum Gasteiger partial charge on any atom is 0.0457 e. The smallest absolute Gasteiger partial charge is 0.0457 e. The van der Waals surface area contributed by atoms with Gasteiger partial charge in [0.1, 0.15) is 0 Å². The molecule has 0 aromatic carbocycles. The fourth-order valence-corrected chi connectivity index (χ4v) is 3.22. The van der Waals surface area contributed by atoms with Crippen molar-refractivity contribution in [3.05, 3.63) is 29.1 Å². The molecule has 3 nitrogen and oxygen atoms in total. The number of pyridine rings is 1. The van der Waals surface area contributed by atoms with Gasteiger partial charge in [-0.15, -0.1) is 0 Å². The molecule has 1 atom stereocenters. The standard InChI is InChI=1S/C13H19N3/c1-9-6-10-11(16-8-9)7-13(12(10)14)2-4-15-5-3-13/h6,8,12,15H,2-5,7,14H2,1H3. The average Bonchev–Trinajstić information content (AvgIpc) is 2.55. The molecule has 86 valence electrons. The first-order chi connectivity index (χ1) is 7.71. The largest absolute Gasteiger partial charge is 0.323 e. The van der Waals surface area contributed by atoms with Crippen LogP contribution in [0.1, 0.15) is 35.7 Å².